The fraction of sp³-hybridized carbons (Fsp3) is 0.125. The molecular weight excluding hydrogens is 307 g/mol. The molecule has 114 valence electrons. The molecule has 2 amide bonds. The molecule has 2 aromatic carbocycles. The highest BCUT2D eigenvalue weighted by Gasteiger charge is 2.14. The van der Waals surface area contributed by atoms with Gasteiger partial charge in [0.2, 0.25) is 0 Å². The highest BCUT2D eigenvalue weighted by atomic mass is 35.5. The van der Waals surface area contributed by atoms with Gasteiger partial charge in [0.1, 0.15) is 5.82 Å². The number of hydrogen-bond donors (Lipinski definition) is 2. The molecule has 0 fully saturated rings. The highest BCUT2D eigenvalue weighted by molar-refractivity contribution is 6.39. The van der Waals surface area contributed by atoms with Crippen LogP contribution in [0, 0.1) is 5.82 Å². The third-order valence-corrected chi connectivity index (χ3v) is 3.19. The molecule has 6 heteroatoms. The van der Waals surface area contributed by atoms with Crippen molar-refractivity contribution in [2.75, 3.05) is 11.9 Å². The lowest BCUT2D eigenvalue weighted by molar-refractivity contribution is -0.136. The fourth-order valence-electron chi connectivity index (χ4n) is 1.79. The molecule has 0 aliphatic rings. The van der Waals surface area contributed by atoms with Crippen molar-refractivity contribution in [1.29, 1.82) is 0 Å². The normalized spacial score (nSPS) is 10.1. The van der Waals surface area contributed by atoms with E-state index in [0.29, 0.717) is 18.0 Å². The first-order valence-corrected chi connectivity index (χ1v) is 7.02. The summed E-state index contributed by atoms with van der Waals surface area (Å²) < 4.78 is 13.4. The molecule has 0 aromatic heterocycles. The predicted octanol–water partition coefficient (Wildman–Crippen LogP) is 2.78. The molecule has 2 aromatic rings. The number of halogens is 2. The Morgan fingerprint density at radius 2 is 1.68 bits per heavy atom. The molecule has 0 bridgehead atoms. The maximum absolute atomic E-state index is 13.4. The quantitative estimate of drug-likeness (QED) is 0.851. The summed E-state index contributed by atoms with van der Waals surface area (Å²) in [6.07, 6.45) is 0.565. The van der Waals surface area contributed by atoms with E-state index in [0.717, 1.165) is 5.56 Å². The van der Waals surface area contributed by atoms with Gasteiger partial charge < -0.3 is 10.6 Å². The average molecular weight is 321 g/mol. The van der Waals surface area contributed by atoms with Gasteiger partial charge >= 0.3 is 11.8 Å². The van der Waals surface area contributed by atoms with Gasteiger partial charge in [0, 0.05) is 11.6 Å². The second-order valence-electron chi connectivity index (χ2n) is 4.57. The molecule has 0 unspecified atom stereocenters. The van der Waals surface area contributed by atoms with Crippen molar-refractivity contribution >= 4 is 29.1 Å². The van der Waals surface area contributed by atoms with Crippen LogP contribution >= 0.6 is 11.6 Å². The average Bonchev–Trinajstić information content (AvgIpc) is 2.51. The van der Waals surface area contributed by atoms with Crippen LogP contribution in [0.2, 0.25) is 5.02 Å². The zero-order valence-corrected chi connectivity index (χ0v) is 12.4. The zero-order chi connectivity index (χ0) is 15.9. The van der Waals surface area contributed by atoms with Crippen molar-refractivity contribution in [2.24, 2.45) is 0 Å². The number of para-hydroxylation sites is 1. The lowest BCUT2D eigenvalue weighted by Crippen LogP contribution is -2.36. The first-order valence-electron chi connectivity index (χ1n) is 6.64. The lowest BCUT2D eigenvalue weighted by atomic mass is 10.1. The van der Waals surface area contributed by atoms with E-state index in [-0.39, 0.29) is 5.69 Å². The van der Waals surface area contributed by atoms with Crippen molar-refractivity contribution < 1.29 is 14.0 Å². The number of benzene rings is 2. The highest BCUT2D eigenvalue weighted by Crippen LogP contribution is 2.12. The summed E-state index contributed by atoms with van der Waals surface area (Å²) >= 11 is 5.77. The van der Waals surface area contributed by atoms with Crippen LogP contribution in [0.1, 0.15) is 5.56 Å². The number of nitrogens with one attached hydrogen (secondary N) is 2. The van der Waals surface area contributed by atoms with Gasteiger partial charge in [0.05, 0.1) is 5.69 Å². The van der Waals surface area contributed by atoms with Crippen molar-refractivity contribution in [2.45, 2.75) is 6.42 Å². The summed E-state index contributed by atoms with van der Waals surface area (Å²) in [7, 11) is 0. The van der Waals surface area contributed by atoms with Gasteiger partial charge in [0.25, 0.3) is 0 Å². The second kappa shape index (κ2) is 7.56. The molecule has 0 saturated heterocycles. The molecule has 0 heterocycles. The van der Waals surface area contributed by atoms with Gasteiger partial charge in [-0.15, -0.1) is 0 Å². The zero-order valence-electron chi connectivity index (χ0n) is 11.6. The lowest BCUT2D eigenvalue weighted by Gasteiger charge is -2.07. The molecular formula is C16H14ClFN2O2. The maximum atomic E-state index is 13.4. The van der Waals surface area contributed by atoms with Crippen LogP contribution in [0.25, 0.3) is 0 Å². The summed E-state index contributed by atoms with van der Waals surface area (Å²) in [5.74, 6) is -2.30. The molecule has 2 N–H and O–H groups in total. The molecule has 0 aliphatic heterocycles. The summed E-state index contributed by atoms with van der Waals surface area (Å²) in [6.45, 7) is 0.297. The first kappa shape index (κ1) is 16.0. The molecule has 0 aliphatic carbocycles. The number of hydrogen-bond acceptors (Lipinski definition) is 2. The van der Waals surface area contributed by atoms with E-state index in [1.54, 1.807) is 18.2 Å². The van der Waals surface area contributed by atoms with Crippen LogP contribution in [0.15, 0.2) is 48.5 Å². The van der Waals surface area contributed by atoms with Gasteiger partial charge in [0.15, 0.2) is 0 Å². The smallest absolute Gasteiger partial charge is 0.313 e. The summed E-state index contributed by atoms with van der Waals surface area (Å²) in [4.78, 5) is 23.3. The molecule has 4 nitrogen and oxygen atoms in total. The van der Waals surface area contributed by atoms with E-state index in [2.05, 4.69) is 10.6 Å². The number of carbonyl (C=O) groups excluding carboxylic acids is 2. The Morgan fingerprint density at radius 3 is 2.36 bits per heavy atom. The molecule has 0 radical (unpaired) electrons. The van der Waals surface area contributed by atoms with E-state index in [9.17, 15) is 14.0 Å². The summed E-state index contributed by atoms with van der Waals surface area (Å²) in [5.41, 5.74) is 0.958. The monoisotopic (exact) mass is 320 g/mol. The second-order valence-corrected chi connectivity index (χ2v) is 5.00. The summed E-state index contributed by atoms with van der Waals surface area (Å²) in [5, 5.41) is 5.34. The minimum atomic E-state index is -0.902. The topological polar surface area (TPSA) is 58.2 Å². The van der Waals surface area contributed by atoms with Gasteiger partial charge in [-0.05, 0) is 36.2 Å². The van der Waals surface area contributed by atoms with E-state index in [1.165, 1.54) is 18.2 Å². The molecule has 22 heavy (non-hydrogen) atoms. The van der Waals surface area contributed by atoms with Crippen molar-refractivity contribution in [1.82, 2.24) is 5.32 Å². The molecule has 0 saturated carbocycles. The minimum absolute atomic E-state index is 0.0275. The third-order valence-electron chi connectivity index (χ3n) is 2.94. The third kappa shape index (κ3) is 4.56. The van der Waals surface area contributed by atoms with Gasteiger partial charge in [-0.25, -0.2) is 4.39 Å². The van der Waals surface area contributed by atoms with Gasteiger partial charge in [-0.1, -0.05) is 35.9 Å². The van der Waals surface area contributed by atoms with Crippen molar-refractivity contribution in [3.05, 3.63) is 64.9 Å². The van der Waals surface area contributed by atoms with Crippen LogP contribution in [0.4, 0.5) is 10.1 Å². The molecule has 2 rings (SSSR count). The Labute approximate surface area is 132 Å². The predicted molar refractivity (Wildman–Crippen MR) is 83.2 cm³/mol. The Balaban J connectivity index is 1.80. The van der Waals surface area contributed by atoms with Crippen molar-refractivity contribution in [3.8, 4) is 0 Å². The first-order chi connectivity index (χ1) is 10.6. The van der Waals surface area contributed by atoms with Crippen LogP contribution in [0.3, 0.4) is 0 Å². The fourth-order valence-corrected chi connectivity index (χ4v) is 1.92. The number of rotatable bonds is 4. The Kier molecular flexibility index (Phi) is 5.49. The van der Waals surface area contributed by atoms with E-state index < -0.39 is 17.6 Å². The van der Waals surface area contributed by atoms with Gasteiger partial charge in [-0.2, -0.15) is 0 Å². The minimum Gasteiger partial charge on any atom is -0.347 e. The Hall–Kier alpha value is -2.40. The van der Waals surface area contributed by atoms with E-state index >= 15 is 0 Å². The van der Waals surface area contributed by atoms with Crippen LogP contribution in [0.5, 0.6) is 0 Å². The van der Waals surface area contributed by atoms with Crippen molar-refractivity contribution in [3.63, 3.8) is 0 Å². The van der Waals surface area contributed by atoms with Crippen LogP contribution < -0.4 is 10.6 Å². The largest absolute Gasteiger partial charge is 0.347 e. The van der Waals surface area contributed by atoms with E-state index in [1.807, 2.05) is 12.1 Å². The standard InChI is InChI=1S/C16H14ClFN2O2/c17-12-7-5-11(6-8-12)9-10-19-15(21)16(22)20-14-4-2-1-3-13(14)18/h1-8H,9-10H2,(H,19,21)(H,20,22). The van der Waals surface area contributed by atoms with Crippen LogP contribution in [-0.2, 0) is 16.0 Å². The molecule has 0 atom stereocenters. The Bertz CT molecular complexity index is 674. The maximum Gasteiger partial charge on any atom is 0.313 e. The SMILES string of the molecule is O=C(NCCc1ccc(Cl)cc1)C(=O)Nc1ccccc1F. The molecule has 0 spiro atoms. The Morgan fingerprint density at radius 1 is 1.00 bits per heavy atom. The van der Waals surface area contributed by atoms with Crippen LogP contribution in [-0.4, -0.2) is 18.4 Å². The number of carbonyl (C=O) groups is 2. The number of amides is 2. The van der Waals surface area contributed by atoms with Gasteiger partial charge in [-0.3, -0.25) is 9.59 Å². The number of anilines is 1. The summed E-state index contributed by atoms with van der Waals surface area (Å²) in [6, 6.07) is 12.8. The van der Waals surface area contributed by atoms with E-state index in [4.69, 9.17) is 11.6 Å².